The Morgan fingerprint density at radius 1 is 1.36 bits per heavy atom. The summed E-state index contributed by atoms with van der Waals surface area (Å²) in [5, 5.41) is 24.9. The molecule has 114 valence electrons. The molecule has 22 heavy (non-hydrogen) atoms. The van der Waals surface area contributed by atoms with Crippen molar-refractivity contribution in [3.8, 4) is 11.5 Å². The average Bonchev–Trinajstić information content (AvgIpc) is 2.51. The predicted molar refractivity (Wildman–Crippen MR) is 81.7 cm³/mol. The van der Waals surface area contributed by atoms with E-state index in [1.54, 1.807) is 37.3 Å². The zero-order valence-electron chi connectivity index (χ0n) is 11.9. The molecule has 0 aliphatic carbocycles. The van der Waals surface area contributed by atoms with Gasteiger partial charge in [0.1, 0.15) is 5.75 Å². The first-order valence-corrected chi connectivity index (χ1v) is 6.67. The predicted octanol–water partition coefficient (Wildman–Crippen LogP) is 2.30. The number of para-hydroxylation sites is 1. The van der Waals surface area contributed by atoms with E-state index in [1.807, 2.05) is 0 Å². The Balaban J connectivity index is 2.11. The van der Waals surface area contributed by atoms with Crippen molar-refractivity contribution in [3.63, 3.8) is 0 Å². The fourth-order valence-electron chi connectivity index (χ4n) is 1.80. The molecule has 0 saturated carbocycles. The summed E-state index contributed by atoms with van der Waals surface area (Å²) in [5.41, 5.74) is 3.75. The molecular weight excluding hydrogens is 284 g/mol. The Kier molecular flexibility index (Phi) is 4.98. The number of carboxylic acid groups (broad SMARTS) is 1. The van der Waals surface area contributed by atoms with Gasteiger partial charge in [-0.3, -0.25) is 5.43 Å². The van der Waals surface area contributed by atoms with Gasteiger partial charge in [0, 0.05) is 0 Å². The third kappa shape index (κ3) is 3.76. The first-order valence-electron chi connectivity index (χ1n) is 6.67. The summed E-state index contributed by atoms with van der Waals surface area (Å²) in [6, 6.07) is 11.2. The molecule has 0 bridgehead atoms. The molecule has 0 amide bonds. The highest BCUT2D eigenvalue weighted by Crippen LogP contribution is 2.25. The van der Waals surface area contributed by atoms with Crippen LogP contribution >= 0.6 is 0 Å². The maximum atomic E-state index is 12.0. The second-order valence-electron chi connectivity index (χ2n) is 4.36. The Labute approximate surface area is 127 Å². The Hall–Kier alpha value is -3.02. The molecule has 0 unspecified atom stereocenters. The van der Waals surface area contributed by atoms with Gasteiger partial charge in [0.15, 0.2) is 0 Å². The van der Waals surface area contributed by atoms with Gasteiger partial charge in [0.2, 0.25) is 0 Å². The molecule has 2 aromatic carbocycles. The monoisotopic (exact) mass is 299 g/mol. The van der Waals surface area contributed by atoms with E-state index in [0.717, 1.165) is 0 Å². The summed E-state index contributed by atoms with van der Waals surface area (Å²) < 4.78 is 5.22. The van der Waals surface area contributed by atoms with Gasteiger partial charge in [-0.1, -0.05) is 23.9 Å². The number of benzene rings is 2. The Morgan fingerprint density at radius 3 is 2.86 bits per heavy atom. The molecule has 0 heterocycles. The van der Waals surface area contributed by atoms with E-state index in [9.17, 15) is 9.90 Å². The van der Waals surface area contributed by atoms with E-state index in [0.29, 0.717) is 17.9 Å². The largest absolute Gasteiger partial charge is 0.870 e. The van der Waals surface area contributed by atoms with Crippen molar-refractivity contribution in [2.45, 2.75) is 6.92 Å². The molecule has 0 aliphatic heterocycles. The van der Waals surface area contributed by atoms with Gasteiger partial charge in [0.25, 0.3) is 0 Å². The van der Waals surface area contributed by atoms with Gasteiger partial charge in [-0.05, 0) is 36.8 Å². The zero-order valence-corrected chi connectivity index (χ0v) is 11.9. The van der Waals surface area contributed by atoms with Gasteiger partial charge in [0.05, 0.1) is 24.1 Å². The molecule has 0 radical (unpaired) electrons. The number of nitrogens with one attached hydrogen (secondary N) is 1. The number of carboxylic acids is 1. The number of aromatic carboxylic acids is 1. The first-order chi connectivity index (χ1) is 10.6. The van der Waals surface area contributed by atoms with E-state index in [4.69, 9.17) is 9.84 Å². The molecule has 0 saturated heterocycles. The third-order valence-corrected chi connectivity index (χ3v) is 2.82. The van der Waals surface area contributed by atoms with E-state index in [2.05, 4.69) is 10.5 Å². The first kappa shape index (κ1) is 15.4. The van der Waals surface area contributed by atoms with Crippen LogP contribution in [0, 0.1) is 0 Å². The van der Waals surface area contributed by atoms with E-state index in [-0.39, 0.29) is 17.1 Å². The number of hydrazone groups is 1. The van der Waals surface area contributed by atoms with Crippen molar-refractivity contribution >= 4 is 17.9 Å². The molecule has 0 fully saturated rings. The summed E-state index contributed by atoms with van der Waals surface area (Å²) in [7, 11) is 0. The van der Waals surface area contributed by atoms with Crippen LogP contribution in [0.15, 0.2) is 47.6 Å². The number of ether oxygens (including phenoxy) is 1. The molecular formula is C16H15N2O4-. The number of hydrogen-bond donors (Lipinski definition) is 2. The quantitative estimate of drug-likeness (QED) is 0.630. The van der Waals surface area contributed by atoms with Gasteiger partial charge in [-0.2, -0.15) is 5.10 Å². The summed E-state index contributed by atoms with van der Waals surface area (Å²) in [6.07, 6.45) is 1.37. The lowest BCUT2D eigenvalue weighted by Gasteiger charge is -2.16. The molecule has 0 atom stereocenters. The molecule has 2 N–H and O–H groups in total. The molecule has 0 aliphatic rings. The number of rotatable bonds is 6. The summed E-state index contributed by atoms with van der Waals surface area (Å²) in [4.78, 5) is 10.9. The second kappa shape index (κ2) is 7.12. The van der Waals surface area contributed by atoms with Crippen molar-refractivity contribution in [1.82, 2.24) is 0 Å². The summed E-state index contributed by atoms with van der Waals surface area (Å²) in [5.74, 6) is -0.979. The van der Waals surface area contributed by atoms with Gasteiger partial charge in [-0.15, -0.1) is 0 Å². The molecule has 0 aromatic heterocycles. The van der Waals surface area contributed by atoms with Gasteiger partial charge in [-0.25, -0.2) is 4.79 Å². The van der Waals surface area contributed by atoms with E-state index in [1.165, 1.54) is 18.3 Å². The van der Waals surface area contributed by atoms with Crippen LogP contribution in [0.25, 0.3) is 0 Å². The normalized spacial score (nSPS) is 10.6. The number of hydrogen-bond acceptors (Lipinski definition) is 5. The van der Waals surface area contributed by atoms with Crippen LogP contribution in [0.4, 0.5) is 5.69 Å². The summed E-state index contributed by atoms with van der Waals surface area (Å²) >= 11 is 0. The smallest absolute Gasteiger partial charge is 0.335 e. The number of anilines is 1. The minimum atomic E-state index is -1.01. The van der Waals surface area contributed by atoms with Crippen LogP contribution in [0.5, 0.6) is 11.5 Å². The van der Waals surface area contributed by atoms with Crippen LogP contribution in [0.3, 0.4) is 0 Å². The lowest BCUT2D eigenvalue weighted by Crippen LogP contribution is -2.02. The van der Waals surface area contributed by atoms with Gasteiger partial charge < -0.3 is 14.9 Å². The van der Waals surface area contributed by atoms with Crippen LogP contribution in [0.2, 0.25) is 0 Å². The fourth-order valence-corrected chi connectivity index (χ4v) is 1.80. The summed E-state index contributed by atoms with van der Waals surface area (Å²) in [6.45, 7) is 2.22. The minimum absolute atomic E-state index is 0.156. The van der Waals surface area contributed by atoms with Gasteiger partial charge >= 0.3 is 5.97 Å². The minimum Gasteiger partial charge on any atom is -0.870 e. The maximum absolute atomic E-state index is 12.0. The molecule has 2 aromatic rings. The number of nitrogens with zero attached hydrogens (tertiary/aromatic N) is 1. The molecule has 6 heteroatoms. The van der Waals surface area contributed by atoms with Crippen molar-refractivity contribution in [2.75, 3.05) is 12.0 Å². The Bertz CT molecular complexity index is 698. The van der Waals surface area contributed by atoms with Crippen molar-refractivity contribution in [1.29, 1.82) is 0 Å². The fraction of sp³-hybridized carbons (Fsp3) is 0.125. The lowest BCUT2D eigenvalue weighted by atomic mass is 10.2. The topological polar surface area (TPSA) is 94.0 Å². The number of carbonyl (C=O) groups is 1. The van der Waals surface area contributed by atoms with Crippen LogP contribution in [-0.4, -0.2) is 23.9 Å². The van der Waals surface area contributed by atoms with Crippen molar-refractivity contribution in [2.24, 2.45) is 5.10 Å². The molecule has 2 rings (SSSR count). The standard InChI is InChI=1S/C16H16N2O4/c1-2-22-14-8-4-6-12(15(14)19)10-17-18-13-7-3-5-11(9-13)16(20)21/h3-10,18-19H,2H2,1H3,(H,20,21)/p-1/b17-10+. The lowest BCUT2D eigenvalue weighted by molar-refractivity contribution is -0.270. The zero-order chi connectivity index (χ0) is 15.9. The van der Waals surface area contributed by atoms with E-state index >= 15 is 0 Å². The highest BCUT2D eigenvalue weighted by Gasteiger charge is 2.02. The third-order valence-electron chi connectivity index (χ3n) is 2.82. The second-order valence-corrected chi connectivity index (χ2v) is 4.36. The molecule has 6 nitrogen and oxygen atoms in total. The van der Waals surface area contributed by atoms with Crippen LogP contribution in [0.1, 0.15) is 22.8 Å². The maximum Gasteiger partial charge on any atom is 0.335 e. The van der Waals surface area contributed by atoms with Crippen LogP contribution < -0.4 is 15.3 Å². The highest BCUT2D eigenvalue weighted by molar-refractivity contribution is 5.89. The van der Waals surface area contributed by atoms with E-state index < -0.39 is 5.97 Å². The Morgan fingerprint density at radius 2 is 2.14 bits per heavy atom. The van der Waals surface area contributed by atoms with Crippen molar-refractivity contribution in [3.05, 3.63) is 53.6 Å². The molecule has 0 spiro atoms. The average molecular weight is 299 g/mol. The van der Waals surface area contributed by atoms with Crippen molar-refractivity contribution < 1.29 is 19.7 Å². The SMILES string of the molecule is CCOc1cccc(/C=N/Nc2cccc(C(=O)O)c2)c1[O-]. The van der Waals surface area contributed by atoms with Crippen LogP contribution in [-0.2, 0) is 0 Å². The highest BCUT2D eigenvalue weighted by atomic mass is 16.5.